The third kappa shape index (κ3) is 7.49. The summed E-state index contributed by atoms with van der Waals surface area (Å²) in [5.74, 6) is 1.71. The van der Waals surface area contributed by atoms with Gasteiger partial charge in [-0.3, -0.25) is 9.79 Å². The molecular weight excluding hydrogens is 312 g/mol. The van der Waals surface area contributed by atoms with Gasteiger partial charge in [0.25, 0.3) is 0 Å². The summed E-state index contributed by atoms with van der Waals surface area (Å²) in [7, 11) is 0. The van der Waals surface area contributed by atoms with Gasteiger partial charge in [0, 0.05) is 32.6 Å². The Kier molecular flexibility index (Phi) is 8.84. The first kappa shape index (κ1) is 19.8. The third-order valence-electron chi connectivity index (χ3n) is 5.07. The number of guanidine groups is 1. The fourth-order valence-electron chi connectivity index (χ4n) is 3.65. The Morgan fingerprint density at radius 1 is 1.32 bits per heavy atom. The van der Waals surface area contributed by atoms with Gasteiger partial charge in [-0.05, 0) is 57.8 Å². The molecule has 0 radical (unpaired) electrons. The van der Waals surface area contributed by atoms with Crippen LogP contribution in [0.3, 0.4) is 0 Å². The molecule has 5 nitrogen and oxygen atoms in total. The second-order valence-electron chi connectivity index (χ2n) is 7.38. The molecule has 2 N–H and O–H groups in total. The fourth-order valence-corrected chi connectivity index (χ4v) is 3.65. The molecule has 0 spiro atoms. The minimum atomic E-state index is 0.249. The molecule has 1 aliphatic carbocycles. The molecule has 1 fully saturated rings. The number of rotatable bonds is 7. The molecule has 2 rings (SSSR count). The van der Waals surface area contributed by atoms with Crippen LogP contribution in [-0.2, 0) is 4.79 Å². The van der Waals surface area contributed by atoms with Crippen molar-refractivity contribution in [2.24, 2.45) is 10.9 Å². The van der Waals surface area contributed by atoms with Gasteiger partial charge in [-0.15, -0.1) is 0 Å². The van der Waals surface area contributed by atoms with E-state index >= 15 is 0 Å². The van der Waals surface area contributed by atoms with Crippen LogP contribution < -0.4 is 10.6 Å². The van der Waals surface area contributed by atoms with Gasteiger partial charge in [0.1, 0.15) is 0 Å². The average Bonchev–Trinajstić information content (AvgIpc) is 2.62. The number of carbonyl (C=O) groups is 1. The summed E-state index contributed by atoms with van der Waals surface area (Å²) >= 11 is 0. The van der Waals surface area contributed by atoms with E-state index in [1.807, 2.05) is 4.90 Å². The zero-order valence-electron chi connectivity index (χ0n) is 16.1. The maximum Gasteiger partial charge on any atom is 0.224 e. The molecule has 142 valence electrons. The lowest BCUT2D eigenvalue weighted by Crippen LogP contribution is -2.40. The van der Waals surface area contributed by atoms with Crippen LogP contribution in [0, 0.1) is 5.92 Å². The molecular formula is C20H36N4O. The van der Waals surface area contributed by atoms with E-state index in [4.69, 9.17) is 0 Å². The van der Waals surface area contributed by atoms with E-state index < -0.39 is 0 Å². The highest BCUT2D eigenvalue weighted by atomic mass is 16.2. The molecule has 1 atom stereocenters. The number of carbonyl (C=O) groups excluding carboxylic acids is 1. The molecule has 0 aromatic heterocycles. The molecule has 1 amide bonds. The Labute approximate surface area is 153 Å². The minimum absolute atomic E-state index is 0.249. The van der Waals surface area contributed by atoms with Crippen LogP contribution in [-0.4, -0.2) is 49.5 Å². The predicted octanol–water partition coefficient (Wildman–Crippen LogP) is 3.08. The van der Waals surface area contributed by atoms with Crippen molar-refractivity contribution in [1.82, 2.24) is 15.5 Å². The van der Waals surface area contributed by atoms with Crippen molar-refractivity contribution >= 4 is 11.9 Å². The predicted molar refractivity (Wildman–Crippen MR) is 105 cm³/mol. The van der Waals surface area contributed by atoms with Crippen LogP contribution in [0.1, 0.15) is 65.2 Å². The highest BCUT2D eigenvalue weighted by Crippen LogP contribution is 2.19. The molecule has 1 heterocycles. The van der Waals surface area contributed by atoms with Gasteiger partial charge < -0.3 is 15.5 Å². The van der Waals surface area contributed by atoms with Crippen LogP contribution in [0.25, 0.3) is 0 Å². The van der Waals surface area contributed by atoms with Crippen molar-refractivity contribution in [3.63, 3.8) is 0 Å². The van der Waals surface area contributed by atoms with E-state index in [-0.39, 0.29) is 5.91 Å². The van der Waals surface area contributed by atoms with Crippen molar-refractivity contribution in [3.8, 4) is 0 Å². The van der Waals surface area contributed by atoms with E-state index in [9.17, 15) is 4.79 Å². The highest BCUT2D eigenvalue weighted by Gasteiger charge is 2.20. The fraction of sp³-hybridized carbons (Fsp3) is 0.800. The second kappa shape index (κ2) is 11.2. The Balaban J connectivity index is 1.70. The Hall–Kier alpha value is -1.52. The summed E-state index contributed by atoms with van der Waals surface area (Å²) in [6.07, 6.45) is 11.5. The normalized spacial score (nSPS) is 21.7. The number of allylic oxidation sites excluding steroid dienone is 1. The smallest absolute Gasteiger partial charge is 0.224 e. The number of piperidine rings is 1. The van der Waals surface area contributed by atoms with E-state index in [2.05, 4.69) is 35.5 Å². The van der Waals surface area contributed by atoms with Gasteiger partial charge in [-0.25, -0.2) is 0 Å². The third-order valence-corrected chi connectivity index (χ3v) is 5.07. The van der Waals surface area contributed by atoms with Gasteiger partial charge in [-0.1, -0.05) is 18.6 Å². The SMILES string of the molecule is CCNC(=NCCC(=O)N1CCCC(C)C1)NCCC1=CCCCC1. The average molecular weight is 349 g/mol. The summed E-state index contributed by atoms with van der Waals surface area (Å²) in [5.41, 5.74) is 1.57. The first-order chi connectivity index (χ1) is 12.2. The molecule has 0 aromatic rings. The van der Waals surface area contributed by atoms with E-state index in [1.165, 1.54) is 32.1 Å². The number of nitrogens with zero attached hydrogens (tertiary/aromatic N) is 2. The first-order valence-electron chi connectivity index (χ1n) is 10.2. The van der Waals surface area contributed by atoms with Crippen LogP contribution >= 0.6 is 0 Å². The molecule has 1 unspecified atom stereocenters. The van der Waals surface area contributed by atoms with Crippen molar-refractivity contribution in [1.29, 1.82) is 0 Å². The molecule has 5 heteroatoms. The van der Waals surface area contributed by atoms with Crippen LogP contribution in [0.4, 0.5) is 0 Å². The van der Waals surface area contributed by atoms with Crippen LogP contribution in [0.5, 0.6) is 0 Å². The van der Waals surface area contributed by atoms with Crippen molar-refractivity contribution in [2.45, 2.75) is 65.2 Å². The monoisotopic (exact) mass is 348 g/mol. The van der Waals surface area contributed by atoms with Gasteiger partial charge in [0.2, 0.25) is 5.91 Å². The van der Waals surface area contributed by atoms with Crippen molar-refractivity contribution in [2.75, 3.05) is 32.7 Å². The standard InChI is InChI=1S/C20H36N4O/c1-3-21-20(22-13-11-18-9-5-4-6-10-18)23-14-12-19(25)24-15-7-8-17(2)16-24/h9,17H,3-8,10-16H2,1-2H3,(H2,21,22,23). The van der Waals surface area contributed by atoms with E-state index in [0.29, 0.717) is 18.9 Å². The lowest BCUT2D eigenvalue weighted by Gasteiger charge is -2.30. The molecule has 25 heavy (non-hydrogen) atoms. The van der Waals surface area contributed by atoms with Gasteiger partial charge in [-0.2, -0.15) is 0 Å². The quantitative estimate of drug-likeness (QED) is 0.422. The van der Waals surface area contributed by atoms with E-state index in [0.717, 1.165) is 45.0 Å². The zero-order chi connectivity index (χ0) is 17.9. The van der Waals surface area contributed by atoms with Crippen LogP contribution in [0.15, 0.2) is 16.6 Å². The number of aliphatic imine (C=N–C) groups is 1. The summed E-state index contributed by atoms with van der Waals surface area (Å²) in [6.45, 7) is 8.44. The molecule has 0 saturated carbocycles. The maximum atomic E-state index is 12.3. The Morgan fingerprint density at radius 2 is 2.20 bits per heavy atom. The molecule has 0 bridgehead atoms. The van der Waals surface area contributed by atoms with E-state index in [1.54, 1.807) is 5.57 Å². The molecule has 2 aliphatic rings. The first-order valence-corrected chi connectivity index (χ1v) is 10.2. The summed E-state index contributed by atoms with van der Waals surface area (Å²) < 4.78 is 0. The lowest BCUT2D eigenvalue weighted by molar-refractivity contribution is -0.132. The number of hydrogen-bond donors (Lipinski definition) is 2. The zero-order valence-corrected chi connectivity index (χ0v) is 16.1. The minimum Gasteiger partial charge on any atom is -0.357 e. The number of nitrogens with one attached hydrogen (secondary N) is 2. The van der Waals surface area contributed by atoms with Crippen molar-refractivity contribution in [3.05, 3.63) is 11.6 Å². The largest absolute Gasteiger partial charge is 0.357 e. The maximum absolute atomic E-state index is 12.3. The second-order valence-corrected chi connectivity index (χ2v) is 7.38. The Bertz CT molecular complexity index is 472. The number of likely N-dealkylation sites (tertiary alicyclic amines) is 1. The summed E-state index contributed by atoms with van der Waals surface area (Å²) in [4.78, 5) is 18.9. The Morgan fingerprint density at radius 3 is 2.92 bits per heavy atom. The number of hydrogen-bond acceptors (Lipinski definition) is 2. The number of amides is 1. The lowest BCUT2D eigenvalue weighted by atomic mass is 9.97. The van der Waals surface area contributed by atoms with Gasteiger partial charge in [0.05, 0.1) is 6.54 Å². The van der Waals surface area contributed by atoms with Gasteiger partial charge in [0.15, 0.2) is 5.96 Å². The topological polar surface area (TPSA) is 56.7 Å². The molecule has 0 aromatic carbocycles. The van der Waals surface area contributed by atoms with Crippen LogP contribution in [0.2, 0.25) is 0 Å². The highest BCUT2D eigenvalue weighted by molar-refractivity contribution is 5.80. The van der Waals surface area contributed by atoms with Gasteiger partial charge >= 0.3 is 0 Å². The summed E-state index contributed by atoms with van der Waals surface area (Å²) in [6, 6.07) is 0. The summed E-state index contributed by atoms with van der Waals surface area (Å²) in [5, 5.41) is 6.68. The molecule has 1 aliphatic heterocycles. The molecule has 1 saturated heterocycles. The van der Waals surface area contributed by atoms with Crippen molar-refractivity contribution < 1.29 is 4.79 Å².